The minimum Gasteiger partial charge on any atom is -0.461 e. The van der Waals surface area contributed by atoms with Crippen LogP contribution in [0.15, 0.2) is 12.1 Å². The molecule has 86 valence electrons. The number of carbonyl (C=O) groups excluding carboxylic acids is 2. The minimum absolute atomic E-state index is 0.0647. The molecular weight excluding hydrogens is 212 g/mol. The lowest BCUT2D eigenvalue weighted by Crippen LogP contribution is -2.12. The number of hydrogen-bond acceptors (Lipinski definition) is 6. The quantitative estimate of drug-likeness (QED) is 0.705. The van der Waals surface area contributed by atoms with Crippen molar-refractivity contribution in [2.24, 2.45) is 0 Å². The summed E-state index contributed by atoms with van der Waals surface area (Å²) in [5.41, 5.74) is 0.129. The van der Waals surface area contributed by atoms with E-state index < -0.39 is 11.9 Å². The van der Waals surface area contributed by atoms with Gasteiger partial charge in [0.1, 0.15) is 0 Å². The molecule has 0 aromatic carbocycles. The molecule has 0 saturated heterocycles. The van der Waals surface area contributed by atoms with Gasteiger partial charge in [-0.15, -0.1) is 10.2 Å². The Bertz CT molecular complexity index is 338. The number of rotatable bonds is 4. The zero-order chi connectivity index (χ0) is 12.0. The molecule has 0 fully saturated rings. The van der Waals surface area contributed by atoms with E-state index in [0.717, 1.165) is 0 Å². The van der Waals surface area contributed by atoms with Crippen LogP contribution in [-0.2, 0) is 9.47 Å². The first-order chi connectivity index (χ1) is 7.69. The van der Waals surface area contributed by atoms with Crippen molar-refractivity contribution in [3.05, 3.63) is 23.5 Å². The molecule has 1 heterocycles. The van der Waals surface area contributed by atoms with E-state index in [1.54, 1.807) is 13.8 Å². The standard InChI is InChI=1S/C10H12N2O4/c1-3-15-9(13)7-5-6-8(12-11-7)10(14)16-4-2/h5-6H,3-4H2,1-2H3. The molecule has 0 N–H and O–H groups in total. The van der Waals surface area contributed by atoms with Crippen molar-refractivity contribution >= 4 is 11.9 Å². The number of nitrogens with zero attached hydrogens (tertiary/aromatic N) is 2. The maximum absolute atomic E-state index is 11.2. The van der Waals surface area contributed by atoms with Gasteiger partial charge in [0.15, 0.2) is 11.4 Å². The second-order valence-electron chi connectivity index (χ2n) is 2.74. The lowest BCUT2D eigenvalue weighted by Gasteiger charge is -2.01. The summed E-state index contributed by atoms with van der Waals surface area (Å²) in [4.78, 5) is 22.4. The topological polar surface area (TPSA) is 78.4 Å². The Hall–Kier alpha value is -1.98. The molecule has 0 amide bonds. The van der Waals surface area contributed by atoms with Gasteiger partial charge in [-0.25, -0.2) is 9.59 Å². The summed E-state index contributed by atoms with van der Waals surface area (Å²) in [5, 5.41) is 7.15. The fourth-order valence-corrected chi connectivity index (χ4v) is 0.960. The highest BCUT2D eigenvalue weighted by atomic mass is 16.5. The maximum atomic E-state index is 11.2. The van der Waals surface area contributed by atoms with Crippen molar-refractivity contribution in [3.63, 3.8) is 0 Å². The van der Waals surface area contributed by atoms with Crippen molar-refractivity contribution in [3.8, 4) is 0 Å². The normalized spacial score (nSPS) is 9.62. The Balaban J connectivity index is 2.75. The minimum atomic E-state index is -0.564. The van der Waals surface area contributed by atoms with Crippen molar-refractivity contribution in [1.82, 2.24) is 10.2 Å². The molecule has 0 aliphatic rings. The molecule has 0 saturated carbocycles. The lowest BCUT2D eigenvalue weighted by molar-refractivity contribution is 0.0498. The van der Waals surface area contributed by atoms with E-state index in [9.17, 15) is 9.59 Å². The summed E-state index contributed by atoms with van der Waals surface area (Å²) in [5.74, 6) is -1.13. The predicted octanol–water partition coefficient (Wildman–Crippen LogP) is 0.830. The Morgan fingerprint density at radius 1 is 1.00 bits per heavy atom. The fraction of sp³-hybridized carbons (Fsp3) is 0.400. The number of carbonyl (C=O) groups is 2. The van der Waals surface area contributed by atoms with E-state index in [2.05, 4.69) is 10.2 Å². The Kier molecular flexibility index (Phi) is 4.38. The van der Waals surface area contributed by atoms with Gasteiger partial charge in [0, 0.05) is 0 Å². The van der Waals surface area contributed by atoms with Crippen LogP contribution in [0.1, 0.15) is 34.8 Å². The number of aromatic nitrogens is 2. The van der Waals surface area contributed by atoms with E-state index in [-0.39, 0.29) is 24.6 Å². The molecule has 0 atom stereocenters. The lowest BCUT2D eigenvalue weighted by atomic mass is 10.3. The largest absolute Gasteiger partial charge is 0.461 e. The van der Waals surface area contributed by atoms with Gasteiger partial charge in [-0.2, -0.15) is 0 Å². The molecule has 0 bridgehead atoms. The molecule has 0 unspecified atom stereocenters. The van der Waals surface area contributed by atoms with Crippen LogP contribution < -0.4 is 0 Å². The fourth-order valence-electron chi connectivity index (χ4n) is 0.960. The summed E-state index contributed by atoms with van der Waals surface area (Å²) >= 11 is 0. The molecule has 6 nitrogen and oxygen atoms in total. The highest BCUT2D eigenvalue weighted by Gasteiger charge is 2.12. The van der Waals surface area contributed by atoms with Gasteiger partial charge in [0.25, 0.3) is 0 Å². The van der Waals surface area contributed by atoms with Crippen molar-refractivity contribution in [2.75, 3.05) is 13.2 Å². The van der Waals surface area contributed by atoms with E-state index in [1.165, 1.54) is 12.1 Å². The second-order valence-corrected chi connectivity index (χ2v) is 2.74. The zero-order valence-corrected chi connectivity index (χ0v) is 9.10. The van der Waals surface area contributed by atoms with Crippen LogP contribution in [0.2, 0.25) is 0 Å². The van der Waals surface area contributed by atoms with Crippen LogP contribution in [0, 0.1) is 0 Å². The Morgan fingerprint density at radius 3 is 1.62 bits per heavy atom. The van der Waals surface area contributed by atoms with E-state index >= 15 is 0 Å². The van der Waals surface area contributed by atoms with Gasteiger partial charge in [0.2, 0.25) is 0 Å². The molecule has 6 heteroatoms. The van der Waals surface area contributed by atoms with Crippen LogP contribution in [0.25, 0.3) is 0 Å². The van der Waals surface area contributed by atoms with Gasteiger partial charge in [0.05, 0.1) is 13.2 Å². The van der Waals surface area contributed by atoms with E-state index in [0.29, 0.717) is 0 Å². The van der Waals surface area contributed by atoms with Crippen LogP contribution in [-0.4, -0.2) is 35.3 Å². The number of hydrogen-bond donors (Lipinski definition) is 0. The van der Waals surface area contributed by atoms with Gasteiger partial charge in [-0.3, -0.25) is 0 Å². The maximum Gasteiger partial charge on any atom is 0.358 e. The molecule has 0 spiro atoms. The molecule has 16 heavy (non-hydrogen) atoms. The second kappa shape index (κ2) is 5.79. The number of ether oxygens (including phenoxy) is 2. The molecular formula is C10H12N2O4. The van der Waals surface area contributed by atoms with Crippen LogP contribution in [0.4, 0.5) is 0 Å². The van der Waals surface area contributed by atoms with Gasteiger partial charge < -0.3 is 9.47 Å². The first-order valence-electron chi connectivity index (χ1n) is 4.87. The SMILES string of the molecule is CCOC(=O)c1ccc(C(=O)OCC)nn1. The first-order valence-corrected chi connectivity index (χ1v) is 4.87. The predicted molar refractivity (Wildman–Crippen MR) is 53.9 cm³/mol. The van der Waals surface area contributed by atoms with Gasteiger partial charge >= 0.3 is 11.9 Å². The Labute approximate surface area is 92.6 Å². The smallest absolute Gasteiger partial charge is 0.358 e. The average Bonchev–Trinajstić information content (AvgIpc) is 2.30. The monoisotopic (exact) mass is 224 g/mol. The van der Waals surface area contributed by atoms with E-state index in [1.807, 2.05) is 0 Å². The Morgan fingerprint density at radius 2 is 1.38 bits per heavy atom. The molecule has 1 rings (SSSR count). The molecule has 0 aliphatic heterocycles. The van der Waals surface area contributed by atoms with Crippen molar-refractivity contribution in [1.29, 1.82) is 0 Å². The van der Waals surface area contributed by atoms with Gasteiger partial charge in [-0.1, -0.05) is 0 Å². The number of esters is 2. The van der Waals surface area contributed by atoms with Crippen molar-refractivity contribution < 1.29 is 19.1 Å². The summed E-state index contributed by atoms with van der Waals surface area (Å²) in [6, 6.07) is 2.74. The van der Waals surface area contributed by atoms with Crippen LogP contribution in [0.5, 0.6) is 0 Å². The average molecular weight is 224 g/mol. The summed E-state index contributed by atoms with van der Waals surface area (Å²) in [6.07, 6.45) is 0. The molecule has 0 radical (unpaired) electrons. The van der Waals surface area contributed by atoms with E-state index in [4.69, 9.17) is 9.47 Å². The highest BCUT2D eigenvalue weighted by molar-refractivity contribution is 5.89. The zero-order valence-electron chi connectivity index (χ0n) is 9.10. The summed E-state index contributed by atoms with van der Waals surface area (Å²) < 4.78 is 9.44. The molecule has 1 aromatic rings. The van der Waals surface area contributed by atoms with Crippen LogP contribution in [0.3, 0.4) is 0 Å². The molecule has 1 aromatic heterocycles. The molecule has 0 aliphatic carbocycles. The highest BCUT2D eigenvalue weighted by Crippen LogP contribution is 2.00. The van der Waals surface area contributed by atoms with Crippen molar-refractivity contribution in [2.45, 2.75) is 13.8 Å². The van der Waals surface area contributed by atoms with Crippen LogP contribution >= 0.6 is 0 Å². The summed E-state index contributed by atoms with van der Waals surface area (Å²) in [6.45, 7) is 3.91. The third kappa shape index (κ3) is 3.01. The summed E-state index contributed by atoms with van der Waals surface area (Å²) in [7, 11) is 0. The third-order valence-corrected chi connectivity index (χ3v) is 1.63. The van der Waals surface area contributed by atoms with Gasteiger partial charge in [-0.05, 0) is 26.0 Å². The first kappa shape index (κ1) is 12.1. The third-order valence-electron chi connectivity index (χ3n) is 1.63.